The number of nitrogens with one attached hydrogen (secondary N) is 1. The number of aliphatic hydroxyl groups excluding tert-OH is 1. The normalized spacial score (nSPS) is 18.9. The van der Waals surface area contributed by atoms with Gasteiger partial charge in [-0.15, -0.1) is 0 Å². The molecule has 28 heavy (non-hydrogen) atoms. The van der Waals surface area contributed by atoms with E-state index in [9.17, 15) is 9.90 Å². The van der Waals surface area contributed by atoms with Crippen LogP contribution >= 0.6 is 0 Å². The second-order valence-corrected chi connectivity index (χ2v) is 8.91. The third-order valence-electron chi connectivity index (χ3n) is 4.76. The highest BCUT2D eigenvalue weighted by molar-refractivity contribution is 6.56. The second kappa shape index (κ2) is 8.23. The zero-order valence-corrected chi connectivity index (χ0v) is 17.8. The molecule has 1 aromatic rings. The minimum Gasteiger partial charge on any atom is -0.444 e. The first kappa shape index (κ1) is 22.4. The quantitative estimate of drug-likeness (QED) is 0.751. The van der Waals surface area contributed by atoms with E-state index in [1.807, 2.05) is 54.5 Å². The summed E-state index contributed by atoms with van der Waals surface area (Å²) >= 11 is 0. The minimum absolute atomic E-state index is 0.0682. The van der Waals surface area contributed by atoms with Crippen LogP contribution in [0, 0.1) is 0 Å². The van der Waals surface area contributed by atoms with Gasteiger partial charge in [0.05, 0.1) is 23.5 Å². The van der Waals surface area contributed by atoms with Crippen LogP contribution in [0.3, 0.4) is 0 Å². The van der Waals surface area contributed by atoms with Crippen molar-refractivity contribution in [2.24, 2.45) is 0 Å². The van der Waals surface area contributed by atoms with E-state index in [1.165, 1.54) is 0 Å². The summed E-state index contributed by atoms with van der Waals surface area (Å²) < 4.78 is 17.6. The molecule has 7 nitrogen and oxygen atoms in total. The fourth-order valence-electron chi connectivity index (χ4n) is 2.49. The van der Waals surface area contributed by atoms with Crippen molar-refractivity contribution in [3.05, 3.63) is 35.1 Å². The standard InChI is InChI=1S/C20H31BN2O5/c1-18(2,3)26-17(25)23-12-15(10-16-9-8-14(13-24)11-22-16)21-27-19(4,5)20(6,7)28-21/h8-11,24H,12-13H2,1-7H3,(H,23,25). The molecule has 154 valence electrons. The van der Waals surface area contributed by atoms with Gasteiger partial charge in [-0.3, -0.25) is 4.98 Å². The summed E-state index contributed by atoms with van der Waals surface area (Å²) in [5.41, 5.74) is 0.524. The number of rotatable bonds is 5. The molecule has 1 saturated heterocycles. The number of carbonyl (C=O) groups is 1. The lowest BCUT2D eigenvalue weighted by Crippen LogP contribution is -2.41. The number of aromatic nitrogens is 1. The smallest absolute Gasteiger partial charge is 0.444 e. The Bertz CT molecular complexity index is 707. The number of ether oxygens (including phenoxy) is 1. The molecule has 0 unspecified atom stereocenters. The lowest BCUT2D eigenvalue weighted by molar-refractivity contribution is 0.00578. The number of aliphatic hydroxyl groups is 1. The Kier molecular flexibility index (Phi) is 6.58. The van der Waals surface area contributed by atoms with Gasteiger partial charge in [0.1, 0.15) is 5.60 Å². The predicted octanol–water partition coefficient (Wildman–Crippen LogP) is 3.11. The van der Waals surface area contributed by atoms with Gasteiger partial charge in [-0.1, -0.05) is 6.07 Å². The van der Waals surface area contributed by atoms with Gasteiger partial charge in [-0.2, -0.15) is 0 Å². The van der Waals surface area contributed by atoms with Gasteiger partial charge in [0, 0.05) is 12.7 Å². The van der Waals surface area contributed by atoms with Crippen molar-refractivity contribution in [3.8, 4) is 0 Å². The molecule has 0 saturated carbocycles. The Morgan fingerprint density at radius 1 is 1.25 bits per heavy atom. The van der Waals surface area contributed by atoms with E-state index in [0.29, 0.717) is 11.2 Å². The second-order valence-electron chi connectivity index (χ2n) is 8.91. The van der Waals surface area contributed by atoms with Crippen LogP contribution in [0.15, 0.2) is 23.8 Å². The van der Waals surface area contributed by atoms with Gasteiger partial charge in [-0.05, 0) is 71.6 Å². The number of carbonyl (C=O) groups excluding carboxylic acids is 1. The molecule has 0 aromatic carbocycles. The summed E-state index contributed by atoms with van der Waals surface area (Å²) in [5, 5.41) is 11.9. The fraction of sp³-hybridized carbons (Fsp3) is 0.600. The Morgan fingerprint density at radius 2 is 1.86 bits per heavy atom. The number of hydrogen-bond acceptors (Lipinski definition) is 6. The topological polar surface area (TPSA) is 89.9 Å². The first-order valence-electron chi connectivity index (χ1n) is 9.42. The Balaban J connectivity index is 2.23. The molecule has 1 aliphatic rings. The summed E-state index contributed by atoms with van der Waals surface area (Å²) in [5.74, 6) is 0. The van der Waals surface area contributed by atoms with Crippen LogP contribution < -0.4 is 5.32 Å². The van der Waals surface area contributed by atoms with Gasteiger partial charge in [0.25, 0.3) is 0 Å². The maximum Gasteiger partial charge on any atom is 0.492 e. The van der Waals surface area contributed by atoms with Crippen LogP contribution in [-0.4, -0.2) is 46.7 Å². The number of pyridine rings is 1. The van der Waals surface area contributed by atoms with Crippen molar-refractivity contribution in [2.75, 3.05) is 6.54 Å². The molecule has 2 heterocycles. The molecule has 0 aliphatic carbocycles. The maximum absolute atomic E-state index is 12.1. The van der Waals surface area contributed by atoms with Crippen molar-refractivity contribution in [1.29, 1.82) is 0 Å². The van der Waals surface area contributed by atoms with E-state index < -0.39 is 30.0 Å². The molecule has 1 aliphatic heterocycles. The Labute approximate surface area is 167 Å². The zero-order chi connectivity index (χ0) is 21.2. The molecule has 0 radical (unpaired) electrons. The highest BCUT2D eigenvalue weighted by atomic mass is 16.7. The predicted molar refractivity (Wildman–Crippen MR) is 108 cm³/mol. The first-order valence-corrected chi connectivity index (χ1v) is 9.42. The summed E-state index contributed by atoms with van der Waals surface area (Å²) in [4.78, 5) is 16.4. The molecule has 0 atom stereocenters. The SMILES string of the molecule is CC(C)(C)OC(=O)NCC(=Cc1ccc(CO)cn1)B1OC(C)(C)C(C)(C)O1. The summed E-state index contributed by atoms with van der Waals surface area (Å²) in [6, 6.07) is 3.59. The van der Waals surface area contributed by atoms with Crippen molar-refractivity contribution in [1.82, 2.24) is 10.3 Å². The van der Waals surface area contributed by atoms with Crippen molar-refractivity contribution in [2.45, 2.75) is 71.9 Å². The zero-order valence-electron chi connectivity index (χ0n) is 17.8. The van der Waals surface area contributed by atoms with Crippen molar-refractivity contribution < 1.29 is 23.9 Å². The van der Waals surface area contributed by atoms with Gasteiger partial charge >= 0.3 is 13.2 Å². The van der Waals surface area contributed by atoms with Gasteiger partial charge in [-0.25, -0.2) is 4.79 Å². The van der Waals surface area contributed by atoms with Crippen LogP contribution in [0.4, 0.5) is 4.79 Å². The first-order chi connectivity index (χ1) is 12.8. The van der Waals surface area contributed by atoms with E-state index in [4.69, 9.17) is 14.0 Å². The van der Waals surface area contributed by atoms with Gasteiger partial charge in [0.2, 0.25) is 0 Å². The molecule has 8 heteroatoms. The lowest BCUT2D eigenvalue weighted by Gasteiger charge is -2.32. The molecular weight excluding hydrogens is 359 g/mol. The molecule has 1 amide bonds. The molecule has 0 bridgehead atoms. The average molecular weight is 390 g/mol. The lowest BCUT2D eigenvalue weighted by atomic mass is 9.77. The van der Waals surface area contributed by atoms with Gasteiger partial charge < -0.3 is 24.5 Å². The Hall–Kier alpha value is -1.90. The summed E-state index contributed by atoms with van der Waals surface area (Å²) in [6.07, 6.45) is 2.91. The van der Waals surface area contributed by atoms with E-state index >= 15 is 0 Å². The summed E-state index contributed by atoms with van der Waals surface area (Å²) in [6.45, 7) is 13.4. The number of hydrogen-bond donors (Lipinski definition) is 2. The monoisotopic (exact) mass is 390 g/mol. The minimum atomic E-state index is -0.626. The van der Waals surface area contributed by atoms with Crippen molar-refractivity contribution >= 4 is 19.3 Å². The number of nitrogens with zero attached hydrogens (tertiary/aromatic N) is 1. The van der Waals surface area contributed by atoms with Crippen LogP contribution in [0.5, 0.6) is 0 Å². The fourth-order valence-corrected chi connectivity index (χ4v) is 2.49. The highest BCUT2D eigenvalue weighted by Gasteiger charge is 2.52. The molecular formula is C20H31BN2O5. The van der Waals surface area contributed by atoms with Crippen LogP contribution in [-0.2, 0) is 20.7 Å². The van der Waals surface area contributed by atoms with E-state index in [-0.39, 0.29) is 13.2 Å². The summed E-state index contributed by atoms with van der Waals surface area (Å²) in [7, 11) is -0.626. The molecule has 2 rings (SSSR count). The maximum atomic E-state index is 12.1. The highest BCUT2D eigenvalue weighted by Crippen LogP contribution is 2.38. The average Bonchev–Trinajstić information content (AvgIpc) is 2.78. The van der Waals surface area contributed by atoms with Crippen LogP contribution in [0.1, 0.15) is 59.7 Å². The van der Waals surface area contributed by atoms with Gasteiger partial charge in [0.15, 0.2) is 0 Å². The third kappa shape index (κ3) is 5.80. The third-order valence-corrected chi connectivity index (χ3v) is 4.76. The largest absolute Gasteiger partial charge is 0.492 e. The molecule has 1 fully saturated rings. The molecule has 0 spiro atoms. The molecule has 2 N–H and O–H groups in total. The van der Waals surface area contributed by atoms with E-state index in [2.05, 4.69) is 10.3 Å². The number of amides is 1. The van der Waals surface area contributed by atoms with Crippen molar-refractivity contribution in [3.63, 3.8) is 0 Å². The Morgan fingerprint density at radius 3 is 2.32 bits per heavy atom. The van der Waals surface area contributed by atoms with Crippen LogP contribution in [0.25, 0.3) is 6.08 Å². The van der Waals surface area contributed by atoms with Crippen LogP contribution in [0.2, 0.25) is 0 Å². The molecule has 1 aromatic heterocycles. The number of alkyl carbamates (subject to hydrolysis) is 1. The van der Waals surface area contributed by atoms with E-state index in [1.54, 1.807) is 18.3 Å². The van der Waals surface area contributed by atoms with E-state index in [0.717, 1.165) is 5.56 Å².